The van der Waals surface area contributed by atoms with Crippen molar-refractivity contribution in [3.8, 4) is 5.69 Å². The summed E-state index contributed by atoms with van der Waals surface area (Å²) >= 11 is 7.55. The first-order valence-electron chi connectivity index (χ1n) is 9.84. The Balaban J connectivity index is 1.51. The SMILES string of the molecule is CC(=O)N(c1nc(COC(=O)c2c(C)nn(-c3ccccc3)c2Cl)cs1)c1ccccc1F. The molecule has 7 nitrogen and oxygen atoms in total. The maximum Gasteiger partial charge on any atom is 0.343 e. The highest BCUT2D eigenvalue weighted by molar-refractivity contribution is 7.14. The number of anilines is 2. The van der Waals surface area contributed by atoms with Crippen molar-refractivity contribution in [2.75, 3.05) is 4.90 Å². The summed E-state index contributed by atoms with van der Waals surface area (Å²) in [4.78, 5) is 30.4. The van der Waals surface area contributed by atoms with Gasteiger partial charge in [-0.05, 0) is 31.2 Å². The van der Waals surface area contributed by atoms with Gasteiger partial charge in [0.25, 0.3) is 0 Å². The number of hydrogen-bond donors (Lipinski definition) is 0. The van der Waals surface area contributed by atoms with Crippen LogP contribution >= 0.6 is 22.9 Å². The summed E-state index contributed by atoms with van der Waals surface area (Å²) in [5, 5.41) is 6.39. The molecule has 0 fully saturated rings. The zero-order valence-electron chi connectivity index (χ0n) is 17.7. The summed E-state index contributed by atoms with van der Waals surface area (Å²) < 4.78 is 21.1. The van der Waals surface area contributed by atoms with Crippen LogP contribution < -0.4 is 4.90 Å². The van der Waals surface area contributed by atoms with Gasteiger partial charge in [0.1, 0.15) is 23.1 Å². The van der Waals surface area contributed by atoms with E-state index >= 15 is 0 Å². The van der Waals surface area contributed by atoms with Gasteiger partial charge in [0.05, 0.1) is 22.8 Å². The second-order valence-corrected chi connectivity index (χ2v) is 8.20. The fourth-order valence-electron chi connectivity index (χ4n) is 3.19. The number of esters is 1. The molecule has 168 valence electrons. The summed E-state index contributed by atoms with van der Waals surface area (Å²) in [7, 11) is 0. The molecule has 1 amide bonds. The second kappa shape index (κ2) is 9.51. The third kappa shape index (κ3) is 4.64. The van der Waals surface area contributed by atoms with Crippen molar-refractivity contribution in [3.63, 3.8) is 0 Å². The van der Waals surface area contributed by atoms with Crippen molar-refractivity contribution in [1.82, 2.24) is 14.8 Å². The van der Waals surface area contributed by atoms with Crippen molar-refractivity contribution >= 4 is 45.6 Å². The molecular weight excluding hydrogens is 467 g/mol. The number of para-hydroxylation sites is 2. The Morgan fingerprint density at radius 1 is 1.15 bits per heavy atom. The lowest BCUT2D eigenvalue weighted by Gasteiger charge is -2.18. The smallest absolute Gasteiger partial charge is 0.343 e. The molecule has 0 aliphatic rings. The van der Waals surface area contributed by atoms with E-state index in [4.69, 9.17) is 16.3 Å². The van der Waals surface area contributed by atoms with Crippen LogP contribution in [0.1, 0.15) is 28.7 Å². The highest BCUT2D eigenvalue weighted by atomic mass is 35.5. The zero-order chi connectivity index (χ0) is 23.5. The molecule has 0 spiro atoms. The molecule has 0 radical (unpaired) electrons. The molecule has 10 heteroatoms. The zero-order valence-corrected chi connectivity index (χ0v) is 19.2. The lowest BCUT2D eigenvalue weighted by atomic mass is 10.2. The van der Waals surface area contributed by atoms with Gasteiger partial charge < -0.3 is 4.74 Å². The number of thiazole rings is 1. The van der Waals surface area contributed by atoms with Crippen LogP contribution in [0.25, 0.3) is 5.69 Å². The molecule has 4 aromatic rings. The largest absolute Gasteiger partial charge is 0.455 e. The number of aromatic nitrogens is 3. The molecule has 0 aliphatic heterocycles. The Morgan fingerprint density at radius 2 is 1.85 bits per heavy atom. The van der Waals surface area contributed by atoms with Gasteiger partial charge in [0, 0.05) is 12.3 Å². The quantitative estimate of drug-likeness (QED) is 0.339. The van der Waals surface area contributed by atoms with E-state index in [1.165, 1.54) is 34.7 Å². The van der Waals surface area contributed by atoms with Crippen molar-refractivity contribution in [2.45, 2.75) is 20.5 Å². The number of amides is 1. The van der Waals surface area contributed by atoms with Gasteiger partial charge in [-0.2, -0.15) is 5.10 Å². The molecule has 0 aliphatic carbocycles. The Bertz CT molecular complexity index is 1320. The molecule has 2 aromatic carbocycles. The standard InChI is InChI=1S/C23H18ClFN4O3S/c1-14-20(21(24)29(27-14)17-8-4-3-5-9-17)22(31)32-12-16-13-33-23(26-16)28(15(2)30)19-11-7-6-10-18(19)25/h3-11,13H,12H2,1-2H3. The van der Waals surface area contributed by atoms with Gasteiger partial charge in [-0.15, -0.1) is 11.3 Å². The number of rotatable bonds is 6. The van der Waals surface area contributed by atoms with E-state index in [2.05, 4.69) is 10.1 Å². The maximum absolute atomic E-state index is 14.2. The predicted molar refractivity (Wildman–Crippen MR) is 124 cm³/mol. The van der Waals surface area contributed by atoms with Crippen LogP contribution in [0.5, 0.6) is 0 Å². The van der Waals surface area contributed by atoms with Crippen molar-refractivity contribution in [2.24, 2.45) is 0 Å². The number of halogens is 2. The molecule has 0 bridgehead atoms. The molecule has 0 saturated carbocycles. The van der Waals surface area contributed by atoms with Crippen LogP contribution in [0.4, 0.5) is 15.2 Å². The van der Waals surface area contributed by atoms with Gasteiger partial charge >= 0.3 is 5.97 Å². The third-order valence-electron chi connectivity index (χ3n) is 4.70. The fourth-order valence-corrected chi connectivity index (χ4v) is 4.40. The lowest BCUT2D eigenvalue weighted by molar-refractivity contribution is -0.115. The summed E-state index contributed by atoms with van der Waals surface area (Å²) in [5.74, 6) is -1.59. The first-order chi connectivity index (χ1) is 15.9. The first-order valence-corrected chi connectivity index (χ1v) is 11.1. The molecule has 0 atom stereocenters. The van der Waals surface area contributed by atoms with Gasteiger partial charge in [-0.25, -0.2) is 18.9 Å². The average molecular weight is 485 g/mol. The molecule has 0 unspecified atom stereocenters. The minimum Gasteiger partial charge on any atom is -0.455 e. The van der Waals surface area contributed by atoms with Crippen LogP contribution in [0, 0.1) is 12.7 Å². The van der Waals surface area contributed by atoms with Crippen LogP contribution in [0.15, 0.2) is 60.0 Å². The van der Waals surface area contributed by atoms with Crippen LogP contribution in [0.2, 0.25) is 5.15 Å². The first kappa shape index (κ1) is 22.6. The van der Waals surface area contributed by atoms with E-state index in [9.17, 15) is 14.0 Å². The van der Waals surface area contributed by atoms with Gasteiger partial charge in [0.2, 0.25) is 5.91 Å². The van der Waals surface area contributed by atoms with Gasteiger partial charge in [-0.1, -0.05) is 41.9 Å². The van der Waals surface area contributed by atoms with E-state index in [0.29, 0.717) is 17.1 Å². The Kier molecular flexibility index (Phi) is 6.52. The molecule has 0 N–H and O–H groups in total. The summed E-state index contributed by atoms with van der Waals surface area (Å²) in [6.45, 7) is 2.84. The third-order valence-corrected chi connectivity index (χ3v) is 5.92. The number of hydrogen-bond acceptors (Lipinski definition) is 6. The summed E-state index contributed by atoms with van der Waals surface area (Å²) in [6, 6.07) is 15.1. The van der Waals surface area contributed by atoms with E-state index in [1.54, 1.807) is 18.4 Å². The Labute approximate surface area is 198 Å². The lowest BCUT2D eigenvalue weighted by Crippen LogP contribution is -2.23. The fraction of sp³-hybridized carbons (Fsp3) is 0.130. The topological polar surface area (TPSA) is 77.3 Å². The van der Waals surface area contributed by atoms with E-state index in [-0.39, 0.29) is 28.1 Å². The van der Waals surface area contributed by atoms with Gasteiger partial charge in [0.15, 0.2) is 5.13 Å². The normalized spacial score (nSPS) is 10.8. The average Bonchev–Trinajstić information content (AvgIpc) is 3.38. The molecule has 33 heavy (non-hydrogen) atoms. The van der Waals surface area contributed by atoms with Crippen LogP contribution in [0.3, 0.4) is 0 Å². The number of carbonyl (C=O) groups is 2. The van der Waals surface area contributed by atoms with Crippen LogP contribution in [-0.2, 0) is 16.1 Å². The Morgan fingerprint density at radius 3 is 2.55 bits per heavy atom. The molecule has 4 rings (SSSR count). The molecule has 0 saturated heterocycles. The number of benzene rings is 2. The van der Waals surface area contributed by atoms with E-state index in [0.717, 1.165) is 11.3 Å². The molecule has 2 heterocycles. The summed E-state index contributed by atoms with van der Waals surface area (Å²) in [5.41, 5.74) is 1.81. The number of aryl methyl sites for hydroxylation is 1. The van der Waals surface area contributed by atoms with E-state index < -0.39 is 17.7 Å². The highest BCUT2D eigenvalue weighted by Crippen LogP contribution is 2.31. The monoisotopic (exact) mass is 484 g/mol. The number of nitrogens with zero attached hydrogens (tertiary/aromatic N) is 4. The minimum absolute atomic E-state index is 0.0960. The Hall–Kier alpha value is -3.56. The number of carbonyl (C=O) groups excluding carboxylic acids is 2. The van der Waals surface area contributed by atoms with Gasteiger partial charge in [-0.3, -0.25) is 9.69 Å². The minimum atomic E-state index is -0.647. The van der Waals surface area contributed by atoms with E-state index in [1.807, 2.05) is 30.3 Å². The predicted octanol–water partition coefficient (Wildman–Crippen LogP) is 5.47. The summed E-state index contributed by atoms with van der Waals surface area (Å²) in [6.07, 6.45) is 0. The molecular formula is C23H18ClFN4O3S. The highest BCUT2D eigenvalue weighted by Gasteiger charge is 2.24. The van der Waals surface area contributed by atoms with Crippen molar-refractivity contribution < 1.29 is 18.7 Å². The second-order valence-electron chi connectivity index (χ2n) is 7.00. The van der Waals surface area contributed by atoms with Crippen molar-refractivity contribution in [1.29, 1.82) is 0 Å². The maximum atomic E-state index is 14.2. The van der Waals surface area contributed by atoms with Crippen LogP contribution in [-0.4, -0.2) is 26.6 Å². The number of ether oxygens (including phenoxy) is 1. The molecule has 2 aromatic heterocycles. The van der Waals surface area contributed by atoms with Crippen molar-refractivity contribution in [3.05, 3.63) is 87.9 Å².